The molecule has 3 rings (SSSR count). The maximum Gasteiger partial charge on any atom is 0.335 e. The topological polar surface area (TPSA) is 112 Å². The molecule has 1 amide bonds. The smallest absolute Gasteiger partial charge is 0.335 e. The van der Waals surface area contributed by atoms with Crippen LogP contribution in [0.3, 0.4) is 0 Å². The fourth-order valence-electron chi connectivity index (χ4n) is 4.36. The van der Waals surface area contributed by atoms with E-state index in [-0.39, 0.29) is 16.4 Å². The highest BCUT2D eigenvalue weighted by Gasteiger charge is 2.32. The summed E-state index contributed by atoms with van der Waals surface area (Å²) in [5.74, 6) is -1.19. The van der Waals surface area contributed by atoms with Crippen molar-refractivity contribution in [3.63, 3.8) is 0 Å². The number of hydrogen-bond donors (Lipinski definition) is 2. The van der Waals surface area contributed by atoms with Gasteiger partial charge in [-0.05, 0) is 78.1 Å². The van der Waals surface area contributed by atoms with E-state index in [1.54, 1.807) is 42.6 Å². The first-order valence-corrected chi connectivity index (χ1v) is 13.6. The second kappa shape index (κ2) is 12.1. The van der Waals surface area contributed by atoms with E-state index in [1.807, 2.05) is 44.2 Å². The number of aromatic carboxylic acids is 1. The second-order valence-corrected chi connectivity index (χ2v) is 10.8. The number of rotatable bonds is 10. The van der Waals surface area contributed by atoms with Gasteiger partial charge in [-0.25, -0.2) is 4.79 Å². The van der Waals surface area contributed by atoms with Crippen molar-refractivity contribution in [3.8, 4) is 0 Å². The van der Waals surface area contributed by atoms with Crippen LogP contribution in [0.5, 0.6) is 0 Å². The molecule has 0 aliphatic carbocycles. The molecule has 0 aliphatic heterocycles. The van der Waals surface area contributed by atoms with E-state index >= 15 is 0 Å². The summed E-state index contributed by atoms with van der Waals surface area (Å²) in [5, 5.41) is 9.25. The number of hydrogen-bond acceptors (Lipinski definition) is 4. The Kier molecular flexibility index (Phi) is 9.06. The summed E-state index contributed by atoms with van der Waals surface area (Å²) in [6.07, 6.45) is 7.26. The molecule has 0 bridgehead atoms. The Bertz CT molecular complexity index is 1540. The number of aryl methyl sites for hydroxylation is 1. The van der Waals surface area contributed by atoms with Gasteiger partial charge in [0, 0.05) is 24.2 Å². The van der Waals surface area contributed by atoms with Crippen LogP contribution in [0.1, 0.15) is 40.9 Å². The van der Waals surface area contributed by atoms with Crippen LogP contribution in [-0.2, 0) is 26.7 Å². The van der Waals surface area contributed by atoms with Crippen molar-refractivity contribution >= 4 is 27.7 Å². The summed E-state index contributed by atoms with van der Waals surface area (Å²) in [7, 11) is -4.44. The van der Waals surface area contributed by atoms with Crippen LogP contribution >= 0.6 is 0 Å². The number of anilines is 1. The molecule has 8 heteroatoms. The number of allylic oxidation sites excluding steroid dienone is 4. The van der Waals surface area contributed by atoms with Gasteiger partial charge in [-0.15, -0.1) is 0 Å². The van der Waals surface area contributed by atoms with Crippen LogP contribution in [0.4, 0.5) is 5.69 Å². The van der Waals surface area contributed by atoms with Crippen molar-refractivity contribution in [1.29, 1.82) is 0 Å². The number of nitrogens with zero attached hydrogens (tertiary/aromatic N) is 1. The van der Waals surface area contributed by atoms with Crippen molar-refractivity contribution in [1.82, 2.24) is 0 Å². The van der Waals surface area contributed by atoms with Gasteiger partial charge in [0.2, 0.25) is 5.91 Å². The van der Waals surface area contributed by atoms with E-state index in [0.29, 0.717) is 17.6 Å². The second-order valence-electron chi connectivity index (χ2n) is 9.41. The number of amides is 1. The highest BCUT2D eigenvalue weighted by molar-refractivity contribution is 7.85. The highest BCUT2D eigenvalue weighted by atomic mass is 32.2. The predicted molar refractivity (Wildman–Crippen MR) is 152 cm³/mol. The van der Waals surface area contributed by atoms with Crippen molar-refractivity contribution < 1.29 is 27.7 Å². The number of carbonyl (C=O) groups excluding carboxylic acids is 1. The molecule has 2 N–H and O–H groups in total. The molecule has 0 radical (unpaired) electrons. The monoisotopic (exact) mass is 545 g/mol. The van der Waals surface area contributed by atoms with Gasteiger partial charge in [-0.2, -0.15) is 8.42 Å². The van der Waals surface area contributed by atoms with E-state index in [1.165, 1.54) is 36.1 Å². The van der Waals surface area contributed by atoms with Gasteiger partial charge < -0.3 is 5.11 Å². The lowest BCUT2D eigenvalue weighted by atomic mass is 9.70. The van der Waals surface area contributed by atoms with Crippen molar-refractivity contribution in [2.45, 2.75) is 37.5 Å². The largest absolute Gasteiger partial charge is 0.478 e. The van der Waals surface area contributed by atoms with Crippen molar-refractivity contribution in [2.75, 3.05) is 4.90 Å². The van der Waals surface area contributed by atoms with E-state index in [4.69, 9.17) is 0 Å². The Morgan fingerprint density at radius 1 is 1.00 bits per heavy atom. The summed E-state index contributed by atoms with van der Waals surface area (Å²) >= 11 is 0. The molecule has 202 valence electrons. The Hall–Kier alpha value is -4.27. The van der Waals surface area contributed by atoms with Crippen LogP contribution in [-0.4, -0.2) is 30.0 Å². The van der Waals surface area contributed by atoms with Crippen molar-refractivity contribution in [2.24, 2.45) is 0 Å². The highest BCUT2D eigenvalue weighted by Crippen LogP contribution is 2.38. The number of carboxylic acids is 1. The average molecular weight is 546 g/mol. The number of carboxylic acid groups (broad SMARTS) is 1. The Balaban J connectivity index is 2.01. The van der Waals surface area contributed by atoms with Gasteiger partial charge in [0.1, 0.15) is 0 Å². The predicted octanol–water partition coefficient (Wildman–Crippen LogP) is 6.12. The summed E-state index contributed by atoms with van der Waals surface area (Å²) in [5.41, 5.74) is 2.94. The normalized spacial score (nSPS) is 13.3. The van der Waals surface area contributed by atoms with Gasteiger partial charge in [-0.1, -0.05) is 62.1 Å². The van der Waals surface area contributed by atoms with Crippen LogP contribution in [0, 0.1) is 6.92 Å². The van der Waals surface area contributed by atoms with E-state index < -0.39 is 21.5 Å². The van der Waals surface area contributed by atoms with Crippen LogP contribution in [0.2, 0.25) is 0 Å². The third-order valence-electron chi connectivity index (χ3n) is 6.59. The first-order chi connectivity index (χ1) is 18.3. The summed E-state index contributed by atoms with van der Waals surface area (Å²) in [4.78, 5) is 24.7. The summed E-state index contributed by atoms with van der Waals surface area (Å²) in [6, 6.07) is 20.1. The molecule has 0 aliphatic rings. The lowest BCUT2D eigenvalue weighted by Crippen LogP contribution is -2.28. The molecule has 39 heavy (non-hydrogen) atoms. The molecule has 0 saturated carbocycles. The standard InChI is InChI=1S/C31H31NO6S/c1-22-13-18-28(39(36,37)38)20-29(22)31(4,21-25-14-16-26(17-15-25)30(34)35)23(2)10-8-9-19-32(24(3)33)27-11-6-5-7-12-27/h5-20H,2,21H2,1,3-4H3,(H,34,35)(H,36,37,38)/b10-8+,19-9+. The lowest BCUT2D eigenvalue weighted by molar-refractivity contribution is -0.116. The Morgan fingerprint density at radius 2 is 1.64 bits per heavy atom. The molecule has 3 aromatic rings. The first-order valence-electron chi connectivity index (χ1n) is 12.1. The van der Waals surface area contributed by atoms with Crippen LogP contribution in [0.25, 0.3) is 0 Å². The molecule has 7 nitrogen and oxygen atoms in total. The minimum absolute atomic E-state index is 0.155. The first kappa shape index (κ1) is 29.3. The SMILES string of the molecule is C=C(/C=C/C=C/N(C(C)=O)c1ccccc1)C(C)(Cc1ccc(C(=O)O)cc1)c1cc(S(=O)(=O)O)ccc1C. The van der Waals surface area contributed by atoms with Gasteiger partial charge in [-0.3, -0.25) is 14.2 Å². The molecule has 0 spiro atoms. The van der Waals surface area contributed by atoms with Gasteiger partial charge in [0.25, 0.3) is 10.1 Å². The number of para-hydroxylation sites is 1. The fourth-order valence-corrected chi connectivity index (χ4v) is 4.87. The summed E-state index contributed by atoms with van der Waals surface area (Å²) < 4.78 is 33.5. The molecule has 0 fully saturated rings. The molecular weight excluding hydrogens is 514 g/mol. The Labute approximate surface area is 229 Å². The number of benzene rings is 3. The van der Waals surface area contributed by atoms with Crippen molar-refractivity contribution in [3.05, 3.63) is 132 Å². The van der Waals surface area contributed by atoms with E-state index in [9.17, 15) is 27.7 Å². The zero-order valence-corrected chi connectivity index (χ0v) is 22.9. The fraction of sp³-hybridized carbons (Fsp3) is 0.161. The molecule has 3 aromatic carbocycles. The molecule has 1 atom stereocenters. The quantitative estimate of drug-likeness (QED) is 0.235. The van der Waals surface area contributed by atoms with E-state index in [0.717, 1.165) is 16.8 Å². The molecule has 0 heterocycles. The average Bonchev–Trinajstić information content (AvgIpc) is 2.88. The third kappa shape index (κ3) is 7.19. The van der Waals surface area contributed by atoms with Crippen LogP contribution in [0.15, 0.2) is 114 Å². The molecule has 1 unspecified atom stereocenters. The maximum absolute atomic E-state index is 12.2. The zero-order valence-electron chi connectivity index (χ0n) is 22.0. The van der Waals surface area contributed by atoms with Gasteiger partial charge in [0.15, 0.2) is 0 Å². The minimum atomic E-state index is -4.44. The third-order valence-corrected chi connectivity index (χ3v) is 7.44. The summed E-state index contributed by atoms with van der Waals surface area (Å²) in [6.45, 7) is 9.51. The molecule has 0 saturated heterocycles. The Morgan fingerprint density at radius 3 is 2.21 bits per heavy atom. The van der Waals surface area contributed by atoms with E-state index in [2.05, 4.69) is 6.58 Å². The zero-order chi connectivity index (χ0) is 28.8. The maximum atomic E-state index is 12.2. The number of carbonyl (C=O) groups is 2. The lowest BCUT2D eigenvalue weighted by Gasteiger charge is -2.33. The molecular formula is C31H31NO6S. The minimum Gasteiger partial charge on any atom is -0.478 e. The van der Waals surface area contributed by atoms with Gasteiger partial charge in [0.05, 0.1) is 10.5 Å². The molecule has 0 aromatic heterocycles. The van der Waals surface area contributed by atoms with Gasteiger partial charge >= 0.3 is 5.97 Å². The van der Waals surface area contributed by atoms with Crippen LogP contribution < -0.4 is 4.90 Å².